The lowest BCUT2D eigenvalue weighted by molar-refractivity contribution is 0.813. The Balaban J connectivity index is 2.40. The molecule has 0 nitrogen and oxygen atoms in total. The van der Waals surface area contributed by atoms with Gasteiger partial charge in [0.05, 0.1) is 0 Å². The zero-order chi connectivity index (χ0) is 6.85. The van der Waals surface area contributed by atoms with Crippen molar-refractivity contribution in [2.45, 2.75) is 50.7 Å². The lowest BCUT2D eigenvalue weighted by Gasteiger charge is -2.16. The summed E-state index contributed by atoms with van der Waals surface area (Å²) in [5, 5.41) is 0. The van der Waals surface area contributed by atoms with Gasteiger partial charge in [-0.1, -0.05) is 50.7 Å². The molecule has 0 bridgehead atoms. The Morgan fingerprint density at radius 3 is 2.33 bits per heavy atom. The fourth-order valence-corrected chi connectivity index (χ4v) is 6.09. The van der Waals surface area contributed by atoms with Crippen molar-refractivity contribution in [2.24, 2.45) is 0 Å². The summed E-state index contributed by atoms with van der Waals surface area (Å²) in [5.74, 6) is 0. The summed E-state index contributed by atoms with van der Waals surface area (Å²) in [7, 11) is -0.248. The summed E-state index contributed by atoms with van der Waals surface area (Å²) < 4.78 is 0. The third kappa shape index (κ3) is 1.57. The van der Waals surface area contributed by atoms with E-state index < -0.39 is 0 Å². The van der Waals surface area contributed by atoms with Crippen LogP contribution in [0.4, 0.5) is 0 Å². The quantitative estimate of drug-likeness (QED) is 0.494. The van der Waals surface area contributed by atoms with Crippen LogP contribution >= 0.6 is 0 Å². The molecule has 54 valence electrons. The molecule has 0 aromatic rings. The van der Waals surface area contributed by atoms with Crippen molar-refractivity contribution in [3.8, 4) is 0 Å². The third-order valence-corrected chi connectivity index (χ3v) is 7.37. The van der Waals surface area contributed by atoms with Crippen LogP contribution in [0.25, 0.3) is 0 Å². The molecule has 0 N–H and O–H groups in total. The Labute approximate surface area is 60.3 Å². The van der Waals surface area contributed by atoms with E-state index in [1.54, 1.807) is 6.04 Å². The Hall–Kier alpha value is 0.217. The van der Waals surface area contributed by atoms with Crippen molar-refractivity contribution in [1.29, 1.82) is 0 Å². The predicted molar refractivity (Wildman–Crippen MR) is 45.7 cm³/mol. The molecule has 9 heavy (non-hydrogen) atoms. The predicted octanol–water partition coefficient (Wildman–Crippen LogP) is 2.81. The lowest BCUT2D eigenvalue weighted by atomic mass is 10.3. The average Bonchev–Trinajstić information content (AvgIpc) is 2.13. The van der Waals surface area contributed by atoms with Crippen molar-refractivity contribution < 1.29 is 0 Å². The minimum Gasteiger partial charge on any atom is -0.0654 e. The highest BCUT2D eigenvalue weighted by Gasteiger charge is 2.26. The van der Waals surface area contributed by atoms with Gasteiger partial charge in [-0.25, -0.2) is 0 Å². The van der Waals surface area contributed by atoms with Crippen LogP contribution in [-0.2, 0) is 0 Å². The van der Waals surface area contributed by atoms with Crippen molar-refractivity contribution >= 4 is 8.80 Å². The van der Waals surface area contributed by atoms with Gasteiger partial charge in [-0.3, -0.25) is 0 Å². The second-order valence-corrected chi connectivity index (χ2v) is 8.19. The molecule has 0 aliphatic carbocycles. The second kappa shape index (κ2) is 2.87. The third-order valence-electron chi connectivity index (χ3n) is 2.78. The molecule has 1 rings (SSSR count). The minimum absolute atomic E-state index is 0.248. The molecule has 1 aliphatic rings. The van der Waals surface area contributed by atoms with Crippen LogP contribution < -0.4 is 0 Å². The Bertz CT molecular complexity index is 88.6. The summed E-state index contributed by atoms with van der Waals surface area (Å²) in [6.07, 6.45) is 3.07. The molecular formula is C8H18Si. The molecule has 2 unspecified atom stereocenters. The number of hydrogen-bond acceptors (Lipinski definition) is 0. The maximum absolute atomic E-state index is 2.46. The van der Waals surface area contributed by atoms with Crippen LogP contribution in [0, 0.1) is 0 Å². The van der Waals surface area contributed by atoms with E-state index in [4.69, 9.17) is 0 Å². The van der Waals surface area contributed by atoms with Crippen LogP contribution in [0.5, 0.6) is 0 Å². The highest BCUT2D eigenvalue weighted by atomic mass is 28.3. The SMILES string of the molecule is CC(C)[SiH]1CCCC1C. The van der Waals surface area contributed by atoms with E-state index in [9.17, 15) is 0 Å². The topological polar surface area (TPSA) is 0 Å². The van der Waals surface area contributed by atoms with Gasteiger partial charge < -0.3 is 0 Å². The summed E-state index contributed by atoms with van der Waals surface area (Å²) in [4.78, 5) is 0. The van der Waals surface area contributed by atoms with Gasteiger partial charge in [0.25, 0.3) is 0 Å². The Morgan fingerprint density at radius 1 is 1.44 bits per heavy atom. The van der Waals surface area contributed by atoms with Crippen molar-refractivity contribution in [2.75, 3.05) is 0 Å². The standard InChI is InChI=1S/C8H18Si/c1-7(2)9-6-4-5-8(9)3/h7-9H,4-6H2,1-3H3. The van der Waals surface area contributed by atoms with Gasteiger partial charge in [-0.2, -0.15) is 0 Å². The van der Waals surface area contributed by atoms with Gasteiger partial charge in [-0.15, -0.1) is 0 Å². The maximum atomic E-state index is 2.46. The van der Waals surface area contributed by atoms with Gasteiger partial charge in [-0.05, 0) is 0 Å². The van der Waals surface area contributed by atoms with E-state index in [2.05, 4.69) is 20.8 Å². The molecule has 1 fully saturated rings. The van der Waals surface area contributed by atoms with E-state index >= 15 is 0 Å². The number of rotatable bonds is 1. The van der Waals surface area contributed by atoms with Gasteiger partial charge in [0, 0.05) is 8.80 Å². The highest BCUT2D eigenvalue weighted by molar-refractivity contribution is 6.62. The molecule has 0 saturated carbocycles. The zero-order valence-electron chi connectivity index (χ0n) is 6.85. The first-order valence-corrected chi connectivity index (χ1v) is 6.37. The van der Waals surface area contributed by atoms with E-state index in [0.717, 1.165) is 11.1 Å². The highest BCUT2D eigenvalue weighted by Crippen LogP contribution is 2.35. The van der Waals surface area contributed by atoms with Gasteiger partial charge in [0.15, 0.2) is 0 Å². The molecule has 0 amide bonds. The Kier molecular flexibility index (Phi) is 2.33. The molecule has 1 heterocycles. The maximum Gasteiger partial charge on any atom is 0.0422 e. The van der Waals surface area contributed by atoms with Gasteiger partial charge >= 0.3 is 0 Å². The molecule has 0 aromatic carbocycles. The molecule has 1 heteroatoms. The summed E-state index contributed by atoms with van der Waals surface area (Å²) >= 11 is 0. The van der Waals surface area contributed by atoms with E-state index in [1.807, 2.05) is 0 Å². The van der Waals surface area contributed by atoms with E-state index in [-0.39, 0.29) is 8.80 Å². The molecule has 2 atom stereocenters. The first-order chi connectivity index (χ1) is 4.22. The minimum atomic E-state index is -0.248. The molecule has 0 spiro atoms. The first kappa shape index (κ1) is 7.33. The van der Waals surface area contributed by atoms with Gasteiger partial charge in [0.2, 0.25) is 0 Å². The normalized spacial score (nSPS) is 36.0. The largest absolute Gasteiger partial charge is 0.0654 e. The molecule has 1 saturated heterocycles. The van der Waals surface area contributed by atoms with E-state index in [0.29, 0.717) is 0 Å². The fraction of sp³-hybridized carbons (Fsp3) is 1.00. The summed E-state index contributed by atoms with van der Waals surface area (Å²) in [6.45, 7) is 7.29. The van der Waals surface area contributed by atoms with Crippen molar-refractivity contribution in [1.82, 2.24) is 0 Å². The molecule has 0 radical (unpaired) electrons. The number of hydrogen-bond donors (Lipinski definition) is 0. The fourth-order valence-electron chi connectivity index (χ4n) is 2.16. The molecular weight excluding hydrogens is 124 g/mol. The van der Waals surface area contributed by atoms with E-state index in [1.165, 1.54) is 12.8 Å². The van der Waals surface area contributed by atoms with Crippen LogP contribution in [0.3, 0.4) is 0 Å². The monoisotopic (exact) mass is 142 g/mol. The van der Waals surface area contributed by atoms with Gasteiger partial charge in [0.1, 0.15) is 0 Å². The average molecular weight is 142 g/mol. The van der Waals surface area contributed by atoms with Crippen LogP contribution in [0.2, 0.25) is 17.1 Å². The molecule has 1 aliphatic heterocycles. The zero-order valence-corrected chi connectivity index (χ0v) is 8.01. The van der Waals surface area contributed by atoms with Crippen molar-refractivity contribution in [3.05, 3.63) is 0 Å². The molecule has 0 aromatic heterocycles. The summed E-state index contributed by atoms with van der Waals surface area (Å²) in [6, 6.07) is 1.62. The smallest absolute Gasteiger partial charge is 0.0422 e. The van der Waals surface area contributed by atoms with Crippen LogP contribution in [0.1, 0.15) is 33.6 Å². The van der Waals surface area contributed by atoms with Crippen molar-refractivity contribution in [3.63, 3.8) is 0 Å². The summed E-state index contributed by atoms with van der Waals surface area (Å²) in [5.41, 5.74) is 2.20. The lowest BCUT2D eigenvalue weighted by Crippen LogP contribution is -2.15. The van der Waals surface area contributed by atoms with Crippen LogP contribution in [-0.4, -0.2) is 8.80 Å². The first-order valence-electron chi connectivity index (χ1n) is 4.22. The van der Waals surface area contributed by atoms with Crippen LogP contribution in [0.15, 0.2) is 0 Å². The second-order valence-electron chi connectivity index (χ2n) is 3.82. The Morgan fingerprint density at radius 2 is 2.11 bits per heavy atom.